The van der Waals surface area contributed by atoms with Crippen molar-refractivity contribution >= 4 is 32.8 Å². The molecular formula is C80H68N4OPt. The van der Waals surface area contributed by atoms with Crippen molar-refractivity contribution in [2.45, 2.75) is 90.9 Å². The van der Waals surface area contributed by atoms with Gasteiger partial charge in [-0.15, -0.1) is 0 Å². The molecule has 15 rings (SSSR count). The van der Waals surface area contributed by atoms with Crippen molar-refractivity contribution in [3.63, 3.8) is 0 Å². The molecule has 6 heteroatoms. The number of aryl methyl sites for hydroxylation is 1. The second kappa shape index (κ2) is 19.6. The third kappa shape index (κ3) is 8.36. The topological polar surface area (TPSA) is 36.9 Å². The zero-order valence-corrected chi connectivity index (χ0v) is 52.7. The van der Waals surface area contributed by atoms with Crippen LogP contribution in [0.3, 0.4) is 0 Å². The van der Waals surface area contributed by atoms with E-state index in [0.717, 1.165) is 65.5 Å². The molecule has 10 aromatic carbocycles. The summed E-state index contributed by atoms with van der Waals surface area (Å²) in [7, 11) is 0. The molecule has 3 heterocycles. The number of rotatable bonds is 7. The molecule has 424 valence electrons. The van der Waals surface area contributed by atoms with E-state index in [1.807, 2.05) is 6.20 Å². The zero-order chi connectivity index (χ0) is 59.2. The molecular weight excluding hydrogens is 1230 g/mol. The predicted octanol–water partition coefficient (Wildman–Crippen LogP) is 20.7. The molecule has 0 atom stereocenters. The van der Waals surface area contributed by atoms with Crippen LogP contribution in [0, 0.1) is 10.7 Å². The van der Waals surface area contributed by atoms with Gasteiger partial charge in [0.25, 0.3) is 0 Å². The normalized spacial score (nSPS) is 13.4. The van der Waals surface area contributed by atoms with Gasteiger partial charge >= 0.3 is 371 Å². The zero-order valence-electron chi connectivity index (χ0n) is 50.5. The molecule has 1 spiro atoms. The Morgan fingerprint density at radius 3 is 1.53 bits per heavy atom. The molecule has 0 saturated carbocycles. The van der Waals surface area contributed by atoms with Crippen molar-refractivity contribution in [3.8, 4) is 73.2 Å². The number of aromatic nitrogens is 4. The van der Waals surface area contributed by atoms with Crippen molar-refractivity contribution in [2.24, 2.45) is 0 Å². The fraction of sp³-hybridized carbons (Fsp3) is 0.175. The van der Waals surface area contributed by atoms with Crippen LogP contribution >= 0.6 is 0 Å². The van der Waals surface area contributed by atoms with Crippen LogP contribution in [0.4, 0.5) is 0 Å². The Bertz CT molecular complexity index is 4930. The van der Waals surface area contributed by atoms with Crippen LogP contribution in [-0.2, 0) is 41.0 Å². The van der Waals surface area contributed by atoms with Gasteiger partial charge in [0.2, 0.25) is 0 Å². The summed E-state index contributed by atoms with van der Waals surface area (Å²) in [4.78, 5) is 5.10. The van der Waals surface area contributed by atoms with Crippen molar-refractivity contribution in [1.82, 2.24) is 18.7 Å². The summed E-state index contributed by atoms with van der Waals surface area (Å²) in [5.74, 6) is 2.35. The van der Waals surface area contributed by atoms with E-state index in [2.05, 4.69) is 327 Å². The fourth-order valence-corrected chi connectivity index (χ4v) is 15.0. The fourth-order valence-electron chi connectivity index (χ4n) is 13.9. The average Bonchev–Trinajstić information content (AvgIpc) is 1.51. The van der Waals surface area contributed by atoms with Crippen LogP contribution in [0.2, 0.25) is 0 Å². The number of pyridine rings is 1. The molecule has 13 aromatic rings. The molecule has 0 unspecified atom stereocenters. The van der Waals surface area contributed by atoms with E-state index in [4.69, 9.17) is 9.72 Å². The van der Waals surface area contributed by atoms with Crippen LogP contribution in [0.1, 0.15) is 107 Å². The second-order valence-corrected chi connectivity index (χ2v) is 27.9. The number of ether oxygens (including phenoxy) is 1. The van der Waals surface area contributed by atoms with Crippen LogP contribution in [-0.4, -0.2) is 18.7 Å². The maximum absolute atomic E-state index is 7.10. The van der Waals surface area contributed by atoms with Crippen LogP contribution in [0.5, 0.6) is 11.5 Å². The molecule has 0 N–H and O–H groups in total. The van der Waals surface area contributed by atoms with E-state index in [0.29, 0.717) is 0 Å². The van der Waals surface area contributed by atoms with Gasteiger partial charge in [0.1, 0.15) is 0 Å². The Balaban J connectivity index is 0.902. The number of nitrogens with zero attached hydrogens (tertiary/aromatic N) is 4. The summed E-state index contributed by atoms with van der Waals surface area (Å²) >= 11 is 2.57. The summed E-state index contributed by atoms with van der Waals surface area (Å²) in [6.45, 7) is 23.1. The number of hydrogen-bond acceptors (Lipinski definition) is 2. The summed E-state index contributed by atoms with van der Waals surface area (Å²) in [5, 5.41) is 2.31. The monoisotopic (exact) mass is 1300 g/mol. The molecule has 0 saturated heterocycles. The van der Waals surface area contributed by atoms with E-state index >= 15 is 0 Å². The molecule has 0 aliphatic heterocycles. The van der Waals surface area contributed by atoms with Crippen molar-refractivity contribution in [3.05, 3.63) is 279 Å². The molecule has 2 aliphatic rings. The second-order valence-electron chi connectivity index (χ2n) is 26.8. The average molecular weight is 1300 g/mol. The van der Waals surface area contributed by atoms with Gasteiger partial charge in [-0.3, -0.25) is 0 Å². The van der Waals surface area contributed by atoms with Gasteiger partial charge in [0, 0.05) is 6.20 Å². The molecule has 0 fully saturated rings. The van der Waals surface area contributed by atoms with Gasteiger partial charge in [-0.05, 0) is 63.1 Å². The van der Waals surface area contributed by atoms with E-state index in [1.165, 1.54) is 88.8 Å². The smallest absolute Gasteiger partial charge is 0.0619 e. The minimum Gasteiger partial charge on any atom is -0.0619 e. The molecule has 0 bridgehead atoms. The summed E-state index contributed by atoms with van der Waals surface area (Å²) in [6.07, 6.45) is 1.93. The Hall–Kier alpha value is -8.89. The maximum atomic E-state index is 7.10. The predicted molar refractivity (Wildman–Crippen MR) is 353 cm³/mol. The van der Waals surface area contributed by atoms with E-state index in [-0.39, 0.29) is 16.2 Å². The molecule has 2 aliphatic carbocycles. The summed E-state index contributed by atoms with van der Waals surface area (Å²) in [6, 6.07) is 83.5. The van der Waals surface area contributed by atoms with Gasteiger partial charge in [0.15, 0.2) is 0 Å². The van der Waals surface area contributed by atoms with Crippen LogP contribution in [0.25, 0.3) is 94.5 Å². The van der Waals surface area contributed by atoms with Crippen LogP contribution < -0.4 is 4.74 Å². The number of hydrogen-bond donors (Lipinski definition) is 0. The quantitative estimate of drug-likeness (QED) is 0.159. The van der Waals surface area contributed by atoms with E-state index in [9.17, 15) is 0 Å². The SMILES string of the molecule is Cc1ccnc(-n2c3cc(Oc4cccc(-n5[c](=[Pt])n(-c6c(-c7ccccc7)cc(C(C)(C)C)cc6-c6cc(C(C)(C)C)cc(C(C)(C)C)c6)c6ccccc65)c4)ccc3c3cc4c(cc32)C2(c3ccccc3-c3ccccc32)c2ccccc2-4)c1. The molecule has 86 heavy (non-hydrogen) atoms. The summed E-state index contributed by atoms with van der Waals surface area (Å²) < 4.78 is 15.4. The number of fused-ring (bicyclic) bond motifs is 14. The minimum atomic E-state index is -0.479. The van der Waals surface area contributed by atoms with E-state index in [1.54, 1.807) is 0 Å². The number of para-hydroxylation sites is 2. The Morgan fingerprint density at radius 2 is 0.919 bits per heavy atom. The molecule has 3 aromatic heterocycles. The number of imidazole rings is 1. The molecule has 0 radical (unpaired) electrons. The van der Waals surface area contributed by atoms with Gasteiger partial charge < -0.3 is 0 Å². The van der Waals surface area contributed by atoms with Crippen molar-refractivity contribution in [2.75, 3.05) is 0 Å². The Labute approximate surface area is 515 Å². The summed E-state index contributed by atoms with van der Waals surface area (Å²) in [5.41, 5.74) is 26.0. The standard InChI is InChI=1S/C80H68N4O.Pt/c1-50-37-38-81-75(39-50)84-73-46-58(35-36-62(73)66-47-65-61-29-16-19-32-69(61)80(70(65)48-74(66)84)67-30-17-14-27-59(67)60-28-15-18-31-68(60)80)85-57-26-22-25-56(45-57)82-49-83(72-34-21-20-33-71(72)82)76-63(51-23-12-11-13-24-51)43-55(79(8,9)10)44-64(76)52-40-53(77(2,3)4)42-54(41-52)78(5,6)7;/h11-48H,1-10H3;. The van der Waals surface area contributed by atoms with Crippen molar-refractivity contribution in [1.29, 1.82) is 0 Å². The minimum absolute atomic E-state index is 0.0679. The van der Waals surface area contributed by atoms with Crippen molar-refractivity contribution < 1.29 is 24.1 Å². The Kier molecular flexibility index (Phi) is 12.2. The van der Waals surface area contributed by atoms with E-state index < -0.39 is 5.41 Å². The van der Waals surface area contributed by atoms with Gasteiger partial charge in [-0.25, -0.2) is 0 Å². The first-order valence-corrected chi connectivity index (χ1v) is 31.2. The first kappa shape index (κ1) is 53.8. The van der Waals surface area contributed by atoms with Crippen LogP contribution in [0.15, 0.2) is 231 Å². The van der Waals surface area contributed by atoms with Gasteiger partial charge in [-0.1, -0.05) is 72.8 Å². The van der Waals surface area contributed by atoms with Gasteiger partial charge in [-0.2, -0.15) is 0 Å². The third-order valence-corrected chi connectivity index (χ3v) is 19.3. The Morgan fingerprint density at radius 1 is 0.384 bits per heavy atom. The molecule has 0 amide bonds. The number of benzene rings is 10. The first-order chi connectivity index (χ1) is 41.4. The molecule has 5 nitrogen and oxygen atoms in total. The first-order valence-electron chi connectivity index (χ1n) is 30.1. The van der Waals surface area contributed by atoms with Gasteiger partial charge in [0.05, 0.1) is 5.41 Å². The third-order valence-electron chi connectivity index (χ3n) is 18.3.